The van der Waals surface area contributed by atoms with Crippen LogP contribution in [0, 0.1) is 5.92 Å². The lowest BCUT2D eigenvalue weighted by molar-refractivity contribution is 0.0735. The van der Waals surface area contributed by atoms with E-state index in [-0.39, 0.29) is 5.91 Å². The topological polar surface area (TPSA) is 66.9 Å². The highest BCUT2D eigenvalue weighted by Gasteiger charge is 2.28. The minimum Gasteiger partial charge on any atom is -0.364 e. The van der Waals surface area contributed by atoms with Crippen LogP contribution in [0.15, 0.2) is 51.8 Å². The molecule has 1 saturated heterocycles. The van der Waals surface area contributed by atoms with Crippen molar-refractivity contribution >= 4 is 44.2 Å². The Morgan fingerprint density at radius 1 is 1.16 bits per heavy atom. The summed E-state index contributed by atoms with van der Waals surface area (Å²) in [6.45, 7) is 6.93. The van der Waals surface area contributed by atoms with Crippen molar-refractivity contribution in [3.8, 4) is 0 Å². The number of amides is 1. The third-order valence-corrected chi connectivity index (χ3v) is 6.23. The highest BCUT2D eigenvalue weighted by Crippen LogP contribution is 2.28. The second-order valence-corrected chi connectivity index (χ2v) is 9.31. The molecule has 1 aromatic carbocycles. The normalized spacial score (nSPS) is 14.8. The summed E-state index contributed by atoms with van der Waals surface area (Å²) in [6.07, 6.45) is 4.45. The minimum absolute atomic E-state index is 0.0488. The average Bonchev–Trinajstić information content (AvgIpc) is 3.42. The highest BCUT2D eigenvalue weighted by molar-refractivity contribution is 9.10. The van der Waals surface area contributed by atoms with Gasteiger partial charge in [0.15, 0.2) is 11.5 Å². The van der Waals surface area contributed by atoms with Gasteiger partial charge in [-0.1, -0.05) is 34.9 Å². The molecule has 7 nitrogen and oxygen atoms in total. The van der Waals surface area contributed by atoms with Gasteiger partial charge in [-0.2, -0.15) is 0 Å². The van der Waals surface area contributed by atoms with Crippen molar-refractivity contribution in [1.82, 2.24) is 19.4 Å². The van der Waals surface area contributed by atoms with E-state index in [9.17, 15) is 4.79 Å². The van der Waals surface area contributed by atoms with Crippen molar-refractivity contribution in [1.29, 1.82) is 0 Å². The van der Waals surface area contributed by atoms with Crippen molar-refractivity contribution in [2.75, 3.05) is 31.1 Å². The summed E-state index contributed by atoms with van der Waals surface area (Å²) in [7, 11) is 0. The van der Waals surface area contributed by atoms with E-state index in [1.165, 1.54) is 0 Å². The maximum absolute atomic E-state index is 13.0. The Hall–Kier alpha value is -2.87. The van der Waals surface area contributed by atoms with Crippen molar-refractivity contribution < 1.29 is 9.32 Å². The molecular weight excluding hydrogens is 458 g/mol. The molecule has 0 spiro atoms. The zero-order valence-electron chi connectivity index (χ0n) is 17.6. The molecule has 0 saturated carbocycles. The summed E-state index contributed by atoms with van der Waals surface area (Å²) in [4.78, 5) is 22.1. The lowest BCUT2D eigenvalue weighted by Crippen LogP contribution is -2.49. The Balaban J connectivity index is 1.38. The van der Waals surface area contributed by atoms with Crippen LogP contribution >= 0.6 is 15.9 Å². The quantitative estimate of drug-likeness (QED) is 0.432. The molecule has 0 aliphatic carbocycles. The first kappa shape index (κ1) is 20.1. The number of anilines is 1. The number of hydrogen-bond acceptors (Lipinski definition) is 5. The summed E-state index contributed by atoms with van der Waals surface area (Å²) in [5.74, 6) is 1.34. The van der Waals surface area contributed by atoms with Gasteiger partial charge in [0.05, 0.1) is 16.6 Å². The maximum atomic E-state index is 13.0. The van der Waals surface area contributed by atoms with Gasteiger partial charge in [-0.15, -0.1) is 0 Å². The molecule has 0 atom stereocenters. The number of aromatic nitrogens is 3. The van der Waals surface area contributed by atoms with Gasteiger partial charge < -0.3 is 18.7 Å². The van der Waals surface area contributed by atoms with Gasteiger partial charge in [0.2, 0.25) is 0 Å². The molecule has 160 valence electrons. The molecule has 31 heavy (non-hydrogen) atoms. The fourth-order valence-corrected chi connectivity index (χ4v) is 4.61. The molecule has 1 fully saturated rings. The van der Waals surface area contributed by atoms with Crippen molar-refractivity contribution in [2.24, 2.45) is 5.92 Å². The number of halogens is 1. The Bertz CT molecular complexity index is 1250. The Morgan fingerprint density at radius 3 is 2.74 bits per heavy atom. The third-order valence-electron chi connectivity index (χ3n) is 5.74. The van der Waals surface area contributed by atoms with Gasteiger partial charge >= 0.3 is 0 Å². The number of carbonyl (C=O) groups is 1. The molecule has 4 heterocycles. The largest absolute Gasteiger partial charge is 0.364 e. The first-order valence-corrected chi connectivity index (χ1v) is 11.3. The SMILES string of the molecule is CC(C)Cc1conc1C(=O)N1CCN(c2nc3cc(Br)ccc3n3cccc23)CC1. The van der Waals surface area contributed by atoms with Gasteiger partial charge in [-0.25, -0.2) is 4.98 Å². The monoisotopic (exact) mass is 481 g/mol. The Morgan fingerprint density at radius 2 is 1.97 bits per heavy atom. The molecular formula is C23H24BrN5O2. The summed E-state index contributed by atoms with van der Waals surface area (Å²) in [6, 6.07) is 10.3. The minimum atomic E-state index is -0.0488. The van der Waals surface area contributed by atoms with Crippen molar-refractivity contribution in [2.45, 2.75) is 20.3 Å². The van der Waals surface area contributed by atoms with Gasteiger partial charge in [0.25, 0.3) is 5.91 Å². The van der Waals surface area contributed by atoms with Crippen molar-refractivity contribution in [3.05, 3.63) is 58.5 Å². The molecule has 8 heteroatoms. The molecule has 4 aromatic rings. The zero-order chi connectivity index (χ0) is 21.5. The van der Waals surface area contributed by atoms with E-state index in [2.05, 4.69) is 62.6 Å². The summed E-state index contributed by atoms with van der Waals surface area (Å²) in [5.41, 5.74) is 4.42. The highest BCUT2D eigenvalue weighted by atomic mass is 79.9. The van der Waals surface area contributed by atoms with E-state index in [0.717, 1.165) is 51.9 Å². The van der Waals surface area contributed by atoms with Crippen LogP contribution < -0.4 is 4.90 Å². The molecule has 0 radical (unpaired) electrons. The van der Waals surface area contributed by atoms with E-state index in [0.29, 0.717) is 24.7 Å². The second kappa shape index (κ2) is 8.00. The van der Waals surface area contributed by atoms with Gasteiger partial charge in [-0.05, 0) is 42.7 Å². The second-order valence-electron chi connectivity index (χ2n) is 8.40. The summed E-state index contributed by atoms with van der Waals surface area (Å²) < 4.78 is 8.29. The molecule has 1 aliphatic rings. The number of piperazine rings is 1. The number of carbonyl (C=O) groups excluding carboxylic acids is 1. The van der Waals surface area contributed by atoms with Crippen LogP contribution in [0.4, 0.5) is 5.82 Å². The number of fused-ring (bicyclic) bond motifs is 3. The first-order chi connectivity index (χ1) is 15.0. The standard InChI is InChI=1S/C23H24BrN5O2/c1-15(2)12-16-14-31-26-21(16)23(30)28-10-8-27(9-11-28)22-20-4-3-7-29(20)19-6-5-17(24)13-18(19)25-22/h3-7,13-15H,8-12H2,1-2H3. The number of hydrogen-bond donors (Lipinski definition) is 0. The van der Waals surface area contributed by atoms with E-state index in [1.807, 2.05) is 23.1 Å². The number of rotatable bonds is 4. The fraction of sp³-hybridized carbons (Fsp3) is 0.348. The molecule has 1 aliphatic heterocycles. The van der Waals surface area contributed by atoms with Crippen LogP contribution in [0.3, 0.4) is 0 Å². The Kier molecular flexibility index (Phi) is 5.17. The van der Waals surface area contributed by atoms with Gasteiger partial charge in [0, 0.05) is 42.4 Å². The summed E-state index contributed by atoms with van der Waals surface area (Å²) >= 11 is 3.55. The smallest absolute Gasteiger partial charge is 0.276 e. The number of nitrogens with zero attached hydrogens (tertiary/aromatic N) is 5. The van der Waals surface area contributed by atoms with E-state index >= 15 is 0 Å². The average molecular weight is 482 g/mol. The van der Waals surface area contributed by atoms with Gasteiger partial charge in [-0.3, -0.25) is 4.79 Å². The molecule has 0 N–H and O–H groups in total. The fourth-order valence-electron chi connectivity index (χ4n) is 4.26. The lowest BCUT2D eigenvalue weighted by atomic mass is 10.0. The molecule has 0 unspecified atom stereocenters. The molecule has 1 amide bonds. The van der Waals surface area contributed by atoms with Crippen LogP contribution in [-0.4, -0.2) is 51.5 Å². The third kappa shape index (κ3) is 3.69. The van der Waals surface area contributed by atoms with Crippen LogP contribution in [0.2, 0.25) is 0 Å². The molecule has 0 bridgehead atoms. The summed E-state index contributed by atoms with van der Waals surface area (Å²) in [5, 5.41) is 4.00. The van der Waals surface area contributed by atoms with Crippen LogP contribution in [0.5, 0.6) is 0 Å². The van der Waals surface area contributed by atoms with E-state index in [1.54, 1.807) is 6.26 Å². The molecule has 3 aromatic heterocycles. The van der Waals surface area contributed by atoms with Crippen LogP contribution in [-0.2, 0) is 6.42 Å². The van der Waals surface area contributed by atoms with Crippen molar-refractivity contribution in [3.63, 3.8) is 0 Å². The zero-order valence-corrected chi connectivity index (χ0v) is 19.2. The van der Waals surface area contributed by atoms with E-state index < -0.39 is 0 Å². The molecule has 5 rings (SSSR count). The van der Waals surface area contributed by atoms with Crippen LogP contribution in [0.1, 0.15) is 29.9 Å². The van der Waals surface area contributed by atoms with Crippen LogP contribution in [0.25, 0.3) is 16.6 Å². The first-order valence-electron chi connectivity index (χ1n) is 10.5. The predicted octanol–water partition coefficient (Wildman–Crippen LogP) is 4.40. The lowest BCUT2D eigenvalue weighted by Gasteiger charge is -2.35. The van der Waals surface area contributed by atoms with Gasteiger partial charge in [0.1, 0.15) is 6.26 Å². The van der Waals surface area contributed by atoms with E-state index in [4.69, 9.17) is 9.51 Å². The maximum Gasteiger partial charge on any atom is 0.276 e. The number of benzene rings is 1. The predicted molar refractivity (Wildman–Crippen MR) is 124 cm³/mol. The Labute approximate surface area is 188 Å².